The number of aliphatic hydroxyl groups excluding tert-OH is 2. The second kappa shape index (κ2) is 22.8. The molecule has 0 unspecified atom stereocenters. The molecule has 124 valence electrons. The number of rotatable bonds is 12. The van der Waals surface area contributed by atoms with E-state index in [4.69, 9.17) is 10.2 Å². The van der Waals surface area contributed by atoms with Gasteiger partial charge < -0.3 is 40.4 Å². The summed E-state index contributed by atoms with van der Waals surface area (Å²) in [7, 11) is 0. The van der Waals surface area contributed by atoms with Crippen molar-refractivity contribution in [3.8, 4) is 0 Å². The van der Waals surface area contributed by atoms with E-state index >= 15 is 0 Å². The van der Waals surface area contributed by atoms with Crippen molar-refractivity contribution in [1.82, 2.24) is 9.80 Å². The third kappa shape index (κ3) is 20.6. The average molecular weight is 386 g/mol. The van der Waals surface area contributed by atoms with E-state index in [0.717, 1.165) is 0 Å². The molecule has 9 heteroatoms. The van der Waals surface area contributed by atoms with E-state index in [1.807, 2.05) is 0 Å². The Hall–Kier alpha value is 0.563. The number of hydrogen-bond acceptors (Lipinski definition) is 8. The van der Waals surface area contributed by atoms with Gasteiger partial charge in [-0.2, -0.15) is 0 Å². The quantitative estimate of drug-likeness (QED) is 0.338. The molecule has 0 aliphatic rings. The Bertz CT molecular complexity index is 135. The second-order valence-corrected chi connectivity index (χ2v) is 3.95. The van der Waals surface area contributed by atoms with Gasteiger partial charge in [0.05, 0.1) is 13.2 Å². The molecule has 0 fully saturated rings. The van der Waals surface area contributed by atoms with Crippen molar-refractivity contribution in [1.29, 1.82) is 0 Å². The van der Waals surface area contributed by atoms with E-state index in [-0.39, 0.29) is 65.8 Å². The molecule has 0 bridgehead atoms. The zero-order valence-corrected chi connectivity index (χ0v) is 14.9. The van der Waals surface area contributed by atoms with Gasteiger partial charge in [0.15, 0.2) is 0 Å². The van der Waals surface area contributed by atoms with Crippen molar-refractivity contribution >= 4 is 0 Å². The normalized spacial score (nSPS) is 10.3. The second-order valence-electron chi connectivity index (χ2n) is 3.95. The number of nitrogens with zero attached hydrogens (tertiary/aromatic N) is 2. The van der Waals surface area contributed by atoms with E-state index in [2.05, 4.69) is 0 Å². The molecule has 0 amide bonds. The SMILES string of the molecule is [O-]CCN(CC[O-])CCO.[O-]CCN(CC[O-])CCO.[Zr+4]. The fraction of sp³-hybridized carbons (Fsp3) is 1.00. The van der Waals surface area contributed by atoms with Crippen molar-refractivity contribution in [3.63, 3.8) is 0 Å². The van der Waals surface area contributed by atoms with Gasteiger partial charge in [0.25, 0.3) is 0 Å². The Morgan fingerprint density at radius 1 is 0.524 bits per heavy atom. The van der Waals surface area contributed by atoms with E-state index in [1.54, 1.807) is 9.80 Å². The molecule has 0 atom stereocenters. The molecule has 0 aliphatic carbocycles. The summed E-state index contributed by atoms with van der Waals surface area (Å²) in [5.41, 5.74) is 0. The van der Waals surface area contributed by atoms with Gasteiger partial charge in [0.1, 0.15) is 0 Å². The first kappa shape index (κ1) is 26.5. The third-order valence-corrected chi connectivity index (χ3v) is 2.46. The molecular weight excluding hydrogens is 359 g/mol. The minimum atomic E-state index is -0.208. The first-order valence-electron chi connectivity index (χ1n) is 6.68. The minimum Gasteiger partial charge on any atom is -0.854 e. The minimum absolute atomic E-state index is 0. The van der Waals surface area contributed by atoms with Crippen LogP contribution in [0.1, 0.15) is 0 Å². The van der Waals surface area contributed by atoms with Crippen LogP contribution < -0.4 is 20.4 Å². The van der Waals surface area contributed by atoms with Gasteiger partial charge in [-0.05, 0) is 26.2 Å². The molecule has 0 aromatic rings. The van der Waals surface area contributed by atoms with Crippen LogP contribution in [0.5, 0.6) is 0 Å². The molecule has 0 rings (SSSR count). The van der Waals surface area contributed by atoms with Gasteiger partial charge >= 0.3 is 26.2 Å². The van der Waals surface area contributed by atoms with E-state index in [9.17, 15) is 20.4 Å². The van der Waals surface area contributed by atoms with Crippen LogP contribution in [0.4, 0.5) is 0 Å². The topological polar surface area (TPSA) is 139 Å². The van der Waals surface area contributed by atoms with E-state index < -0.39 is 0 Å². The van der Waals surface area contributed by atoms with Crippen LogP contribution in [-0.4, -0.2) is 98.9 Å². The fourth-order valence-electron chi connectivity index (χ4n) is 1.47. The largest absolute Gasteiger partial charge is 4.00 e. The maximum absolute atomic E-state index is 10.1. The maximum Gasteiger partial charge on any atom is 4.00 e. The maximum atomic E-state index is 10.1. The average Bonchev–Trinajstić information content (AvgIpc) is 2.41. The molecular formula is C12H26N2O6Zr. The van der Waals surface area contributed by atoms with Gasteiger partial charge in [-0.3, -0.25) is 0 Å². The zero-order valence-electron chi connectivity index (χ0n) is 12.4. The van der Waals surface area contributed by atoms with Gasteiger partial charge in [0.2, 0.25) is 0 Å². The van der Waals surface area contributed by atoms with E-state index in [1.165, 1.54) is 0 Å². The van der Waals surface area contributed by atoms with Crippen molar-refractivity contribution in [2.75, 3.05) is 78.9 Å². The Kier molecular flexibility index (Phi) is 28.8. The van der Waals surface area contributed by atoms with E-state index in [0.29, 0.717) is 39.3 Å². The van der Waals surface area contributed by atoms with Crippen LogP contribution >= 0.6 is 0 Å². The Morgan fingerprint density at radius 3 is 0.905 bits per heavy atom. The summed E-state index contributed by atoms with van der Waals surface area (Å²) in [5, 5.41) is 57.1. The number of aliphatic hydroxyl groups is 2. The molecule has 0 aliphatic heterocycles. The molecule has 21 heavy (non-hydrogen) atoms. The molecule has 2 N–H and O–H groups in total. The molecule has 0 radical (unpaired) electrons. The molecule has 0 saturated heterocycles. The van der Waals surface area contributed by atoms with Crippen molar-refractivity contribution < 1.29 is 56.8 Å². The van der Waals surface area contributed by atoms with Crippen LogP contribution in [0.2, 0.25) is 0 Å². The summed E-state index contributed by atoms with van der Waals surface area (Å²) in [4.78, 5) is 3.33. The Morgan fingerprint density at radius 2 is 0.762 bits per heavy atom. The first-order chi connectivity index (χ1) is 9.69. The van der Waals surface area contributed by atoms with Crippen molar-refractivity contribution in [2.24, 2.45) is 0 Å². The molecule has 0 aromatic heterocycles. The summed E-state index contributed by atoms with van der Waals surface area (Å²) in [6.45, 7) is 1.52. The van der Waals surface area contributed by atoms with Gasteiger partial charge in [-0.15, -0.1) is 26.4 Å². The van der Waals surface area contributed by atoms with Crippen LogP contribution in [0.3, 0.4) is 0 Å². The molecule has 0 saturated carbocycles. The van der Waals surface area contributed by atoms with Crippen LogP contribution in [0.25, 0.3) is 0 Å². The zero-order chi connectivity index (χ0) is 15.6. The van der Waals surface area contributed by atoms with Gasteiger partial charge in [-0.1, -0.05) is 0 Å². The Balaban J connectivity index is -0.000000295. The van der Waals surface area contributed by atoms with Gasteiger partial charge in [-0.25, -0.2) is 0 Å². The smallest absolute Gasteiger partial charge is 0.854 e. The van der Waals surface area contributed by atoms with Crippen LogP contribution in [-0.2, 0) is 26.2 Å². The molecule has 0 spiro atoms. The summed E-state index contributed by atoms with van der Waals surface area (Å²) in [6, 6.07) is 0. The monoisotopic (exact) mass is 384 g/mol. The third-order valence-electron chi connectivity index (χ3n) is 2.46. The van der Waals surface area contributed by atoms with Gasteiger partial charge in [0, 0.05) is 13.1 Å². The van der Waals surface area contributed by atoms with Crippen LogP contribution in [0.15, 0.2) is 0 Å². The summed E-state index contributed by atoms with van der Waals surface area (Å²) < 4.78 is 0. The molecule has 0 aromatic carbocycles. The summed E-state index contributed by atoms with van der Waals surface area (Å²) >= 11 is 0. The number of hydrogen-bond donors (Lipinski definition) is 2. The summed E-state index contributed by atoms with van der Waals surface area (Å²) in [5.74, 6) is 0. The molecule has 0 heterocycles. The predicted octanol–water partition coefficient (Wildman–Crippen LogP) is -6.00. The first-order valence-corrected chi connectivity index (χ1v) is 6.68. The van der Waals surface area contributed by atoms with Crippen molar-refractivity contribution in [3.05, 3.63) is 0 Å². The summed E-state index contributed by atoms with van der Waals surface area (Å²) in [6.07, 6.45) is 0. The van der Waals surface area contributed by atoms with Crippen molar-refractivity contribution in [2.45, 2.75) is 0 Å². The standard InChI is InChI=1S/2C6H13NO3.Zr/c2*8-4-1-7(2-5-9)3-6-10;/h2*8H,1-6H2;/q2*-2;+4. The Labute approximate surface area is 145 Å². The fourth-order valence-corrected chi connectivity index (χ4v) is 1.47. The predicted molar refractivity (Wildman–Crippen MR) is 66.5 cm³/mol. The molecule has 8 nitrogen and oxygen atoms in total. The van der Waals surface area contributed by atoms with Crippen LogP contribution in [0, 0.1) is 0 Å².